The van der Waals surface area contributed by atoms with Gasteiger partial charge in [-0.05, 0) is 50.3 Å². The molecule has 0 spiro atoms. The molecule has 118 valence electrons. The highest BCUT2D eigenvalue weighted by atomic mass is 35.5. The van der Waals surface area contributed by atoms with Crippen molar-refractivity contribution in [3.8, 4) is 0 Å². The molecule has 0 bridgehead atoms. The number of carbonyl (C=O) groups excluding carboxylic acids is 1. The molecule has 1 amide bonds. The van der Waals surface area contributed by atoms with E-state index in [0.29, 0.717) is 11.1 Å². The molecule has 3 nitrogen and oxygen atoms in total. The van der Waals surface area contributed by atoms with Crippen LogP contribution < -0.4 is 10.6 Å². The molecule has 6 heteroatoms. The number of carbonyl (C=O) groups is 1. The number of hydrogen-bond acceptors (Lipinski definition) is 3. The molecule has 1 heterocycles. The molecular formula is C15H22Cl2N2OS. The maximum atomic E-state index is 12.4. The van der Waals surface area contributed by atoms with Gasteiger partial charge in [-0.15, -0.1) is 24.2 Å². The van der Waals surface area contributed by atoms with Crippen LogP contribution >= 0.6 is 35.8 Å². The summed E-state index contributed by atoms with van der Waals surface area (Å²) in [6.45, 7) is 5.13. The molecular weight excluding hydrogens is 327 g/mol. The van der Waals surface area contributed by atoms with Crippen molar-refractivity contribution in [1.82, 2.24) is 5.32 Å². The summed E-state index contributed by atoms with van der Waals surface area (Å²) in [6.07, 6.45) is 1.79. The van der Waals surface area contributed by atoms with Crippen LogP contribution in [0.25, 0.3) is 0 Å². The van der Waals surface area contributed by atoms with Crippen LogP contribution in [0.1, 0.15) is 26.7 Å². The Morgan fingerprint density at radius 3 is 2.95 bits per heavy atom. The highest BCUT2D eigenvalue weighted by molar-refractivity contribution is 7.99. The first-order chi connectivity index (χ1) is 9.60. The number of amides is 1. The summed E-state index contributed by atoms with van der Waals surface area (Å²) in [6, 6.07) is 6.07. The smallest absolute Gasteiger partial charge is 0.227 e. The molecule has 1 aliphatic rings. The zero-order valence-corrected chi connectivity index (χ0v) is 14.7. The molecule has 2 atom stereocenters. The summed E-state index contributed by atoms with van der Waals surface area (Å²) < 4.78 is 0. The van der Waals surface area contributed by atoms with E-state index in [1.54, 1.807) is 11.8 Å². The van der Waals surface area contributed by atoms with Crippen LogP contribution in [0.2, 0.25) is 5.02 Å². The maximum absolute atomic E-state index is 12.4. The van der Waals surface area contributed by atoms with Crippen LogP contribution in [0, 0.1) is 5.92 Å². The van der Waals surface area contributed by atoms with Gasteiger partial charge in [0.15, 0.2) is 0 Å². The summed E-state index contributed by atoms with van der Waals surface area (Å²) in [7, 11) is 0. The highest BCUT2D eigenvalue weighted by Gasteiger charge is 2.25. The number of piperidine rings is 1. The van der Waals surface area contributed by atoms with Crippen molar-refractivity contribution in [2.75, 3.05) is 17.6 Å². The van der Waals surface area contributed by atoms with Gasteiger partial charge < -0.3 is 10.6 Å². The fourth-order valence-electron chi connectivity index (χ4n) is 2.49. The molecule has 21 heavy (non-hydrogen) atoms. The minimum atomic E-state index is 0. The van der Waals surface area contributed by atoms with Crippen molar-refractivity contribution in [3.63, 3.8) is 0 Å². The molecule has 0 radical (unpaired) electrons. The Hall–Kier alpha value is -0.420. The van der Waals surface area contributed by atoms with Crippen LogP contribution in [0.4, 0.5) is 5.69 Å². The number of benzene rings is 1. The van der Waals surface area contributed by atoms with E-state index in [-0.39, 0.29) is 24.2 Å². The third-order valence-electron chi connectivity index (χ3n) is 3.49. The lowest BCUT2D eigenvalue weighted by atomic mass is 9.92. The molecule has 0 saturated carbocycles. The van der Waals surface area contributed by atoms with Gasteiger partial charge in [-0.2, -0.15) is 0 Å². The average molecular weight is 349 g/mol. The van der Waals surface area contributed by atoms with Crippen LogP contribution in [-0.4, -0.2) is 24.2 Å². The Balaban J connectivity index is 0.00000220. The topological polar surface area (TPSA) is 41.1 Å². The van der Waals surface area contributed by atoms with Crippen LogP contribution in [0.3, 0.4) is 0 Å². The minimum absolute atomic E-state index is 0. The predicted octanol–water partition coefficient (Wildman–Crippen LogP) is 4.20. The van der Waals surface area contributed by atoms with Crippen molar-refractivity contribution in [2.24, 2.45) is 5.92 Å². The van der Waals surface area contributed by atoms with Crippen LogP contribution in [0.5, 0.6) is 0 Å². The van der Waals surface area contributed by atoms with Gasteiger partial charge in [0.2, 0.25) is 5.91 Å². The van der Waals surface area contributed by atoms with E-state index in [4.69, 9.17) is 11.6 Å². The van der Waals surface area contributed by atoms with E-state index >= 15 is 0 Å². The summed E-state index contributed by atoms with van der Waals surface area (Å²) in [4.78, 5) is 13.5. The number of nitrogens with one attached hydrogen (secondary N) is 2. The Morgan fingerprint density at radius 2 is 2.29 bits per heavy atom. The van der Waals surface area contributed by atoms with E-state index in [1.165, 1.54) is 0 Å². The molecule has 1 aromatic carbocycles. The number of rotatable bonds is 4. The first-order valence-electron chi connectivity index (χ1n) is 7.06. The number of halogens is 2. The van der Waals surface area contributed by atoms with Crippen molar-refractivity contribution >= 4 is 47.4 Å². The van der Waals surface area contributed by atoms with Gasteiger partial charge in [0.25, 0.3) is 0 Å². The lowest BCUT2D eigenvalue weighted by Gasteiger charge is -2.27. The molecule has 1 fully saturated rings. The first kappa shape index (κ1) is 18.6. The lowest BCUT2D eigenvalue weighted by Crippen LogP contribution is -2.40. The van der Waals surface area contributed by atoms with Gasteiger partial charge in [0.1, 0.15) is 0 Å². The van der Waals surface area contributed by atoms with Gasteiger partial charge in [0.05, 0.1) is 5.69 Å². The quantitative estimate of drug-likeness (QED) is 0.801. The standard InChI is InChI=1S/C15H21ClN2OS.ClH/c1-3-20-14-5-4-12(16)9-13(14)18-15(19)11-6-7-17-10(2)8-11;/h4-5,9-11,17H,3,6-8H2,1-2H3,(H,18,19);1H/t10-,11-;/m0./s1. The molecule has 0 aromatic heterocycles. The molecule has 0 aliphatic carbocycles. The van der Waals surface area contributed by atoms with Crippen molar-refractivity contribution in [2.45, 2.75) is 37.6 Å². The van der Waals surface area contributed by atoms with Crippen molar-refractivity contribution in [1.29, 1.82) is 0 Å². The van der Waals surface area contributed by atoms with E-state index in [2.05, 4.69) is 24.5 Å². The van der Waals surface area contributed by atoms with Gasteiger partial charge in [-0.3, -0.25) is 4.79 Å². The summed E-state index contributed by atoms with van der Waals surface area (Å²) >= 11 is 7.75. The minimum Gasteiger partial charge on any atom is -0.325 e. The monoisotopic (exact) mass is 348 g/mol. The Morgan fingerprint density at radius 1 is 1.52 bits per heavy atom. The van der Waals surface area contributed by atoms with Crippen molar-refractivity contribution < 1.29 is 4.79 Å². The number of anilines is 1. The maximum Gasteiger partial charge on any atom is 0.227 e. The fraction of sp³-hybridized carbons (Fsp3) is 0.533. The van der Waals surface area contributed by atoms with Crippen LogP contribution in [-0.2, 0) is 4.79 Å². The SMILES string of the molecule is CCSc1ccc(Cl)cc1NC(=O)[C@H]1CCN[C@@H](C)C1.Cl. The normalized spacial score (nSPS) is 21.5. The lowest BCUT2D eigenvalue weighted by molar-refractivity contribution is -0.120. The van der Waals surface area contributed by atoms with E-state index < -0.39 is 0 Å². The number of thioether (sulfide) groups is 1. The summed E-state index contributed by atoms with van der Waals surface area (Å²) in [5, 5.41) is 7.07. The fourth-order valence-corrected chi connectivity index (χ4v) is 3.40. The second-order valence-corrected chi connectivity index (χ2v) is 6.88. The van der Waals surface area contributed by atoms with Gasteiger partial charge in [0, 0.05) is 21.9 Å². The molecule has 2 rings (SSSR count). The molecule has 0 unspecified atom stereocenters. The molecule has 1 aromatic rings. The Labute approximate surface area is 142 Å². The van der Waals surface area contributed by atoms with Crippen molar-refractivity contribution in [3.05, 3.63) is 23.2 Å². The first-order valence-corrected chi connectivity index (χ1v) is 8.43. The molecule has 1 aliphatic heterocycles. The van der Waals surface area contributed by atoms with E-state index in [1.807, 2.05) is 18.2 Å². The highest BCUT2D eigenvalue weighted by Crippen LogP contribution is 2.30. The zero-order chi connectivity index (χ0) is 14.5. The average Bonchev–Trinajstić information content (AvgIpc) is 2.42. The Kier molecular flexibility index (Phi) is 7.88. The third-order valence-corrected chi connectivity index (χ3v) is 4.68. The largest absolute Gasteiger partial charge is 0.325 e. The summed E-state index contributed by atoms with van der Waals surface area (Å²) in [5.41, 5.74) is 0.834. The predicted molar refractivity (Wildman–Crippen MR) is 93.9 cm³/mol. The Bertz CT molecular complexity index is 485. The molecule has 2 N–H and O–H groups in total. The second kappa shape index (κ2) is 8.89. The van der Waals surface area contributed by atoms with E-state index in [9.17, 15) is 4.79 Å². The van der Waals surface area contributed by atoms with Gasteiger partial charge in [-0.1, -0.05) is 18.5 Å². The van der Waals surface area contributed by atoms with Gasteiger partial charge >= 0.3 is 0 Å². The van der Waals surface area contributed by atoms with Crippen LogP contribution in [0.15, 0.2) is 23.1 Å². The van der Waals surface area contributed by atoms with E-state index in [0.717, 1.165) is 35.7 Å². The number of hydrogen-bond donors (Lipinski definition) is 2. The summed E-state index contributed by atoms with van der Waals surface area (Å²) in [5.74, 6) is 1.16. The molecule has 1 saturated heterocycles. The second-order valence-electron chi connectivity index (χ2n) is 5.14. The zero-order valence-electron chi connectivity index (χ0n) is 12.3. The van der Waals surface area contributed by atoms with Gasteiger partial charge in [-0.25, -0.2) is 0 Å². The third kappa shape index (κ3) is 5.37.